The van der Waals surface area contributed by atoms with E-state index >= 15 is 0 Å². The average Bonchev–Trinajstić information content (AvgIpc) is 2.93. The van der Waals surface area contributed by atoms with Gasteiger partial charge < -0.3 is 19.9 Å². The van der Waals surface area contributed by atoms with Crippen molar-refractivity contribution in [2.45, 2.75) is 6.61 Å². The first-order valence-electron chi connectivity index (χ1n) is 7.28. The van der Waals surface area contributed by atoms with Crippen molar-refractivity contribution in [1.29, 1.82) is 0 Å². The fourth-order valence-electron chi connectivity index (χ4n) is 2.10. The summed E-state index contributed by atoms with van der Waals surface area (Å²) in [4.78, 5) is 34.6. The van der Waals surface area contributed by atoms with E-state index < -0.39 is 23.3 Å². The third-order valence-electron chi connectivity index (χ3n) is 3.30. The lowest BCUT2D eigenvalue weighted by atomic mass is 10.2. The summed E-state index contributed by atoms with van der Waals surface area (Å²) < 4.78 is 1.33. The molecular formula is C17H14N2O6. The van der Waals surface area contributed by atoms with Crippen LogP contribution in [0.2, 0.25) is 0 Å². The maximum absolute atomic E-state index is 12.3. The summed E-state index contributed by atoms with van der Waals surface area (Å²) in [5.41, 5.74) is 0.0422. The molecule has 0 saturated heterocycles. The van der Waals surface area contributed by atoms with Crippen molar-refractivity contribution in [3.8, 4) is 11.8 Å². The Kier molecular flexibility index (Phi) is 4.42. The van der Waals surface area contributed by atoms with Crippen LogP contribution in [0.5, 0.6) is 11.8 Å². The Morgan fingerprint density at radius 1 is 0.880 bits per heavy atom. The molecular weight excluding hydrogens is 328 g/mol. The van der Waals surface area contributed by atoms with Gasteiger partial charge in [0.25, 0.3) is 5.56 Å². The maximum atomic E-state index is 12.3. The first-order valence-corrected chi connectivity index (χ1v) is 7.28. The van der Waals surface area contributed by atoms with Crippen molar-refractivity contribution in [1.82, 2.24) is 9.46 Å². The molecule has 0 saturated carbocycles. The van der Waals surface area contributed by atoms with Gasteiger partial charge in [-0.2, -0.15) is 0 Å². The standard InChI is InChI=1S/C17H14N2O6/c20-14-8-4-7-13(17(23)25-19-15(21)9-10-16(19)22)18(14)24-11-12-5-2-1-3-6-12/h1-10,21-22H,11H2. The zero-order valence-corrected chi connectivity index (χ0v) is 12.9. The molecule has 25 heavy (non-hydrogen) atoms. The smallest absolute Gasteiger partial charge is 0.383 e. The number of nitrogens with zero attached hydrogens (tertiary/aromatic N) is 2. The minimum Gasteiger partial charge on any atom is -0.492 e. The predicted molar refractivity (Wildman–Crippen MR) is 86.1 cm³/mol. The van der Waals surface area contributed by atoms with Gasteiger partial charge >= 0.3 is 5.97 Å². The van der Waals surface area contributed by atoms with Crippen molar-refractivity contribution in [2.24, 2.45) is 0 Å². The Hall–Kier alpha value is -3.68. The Labute approximate surface area is 141 Å². The molecule has 0 atom stereocenters. The minimum absolute atomic E-state index is 0.0606. The zero-order chi connectivity index (χ0) is 17.8. The number of aromatic hydroxyl groups is 2. The van der Waals surface area contributed by atoms with E-state index in [2.05, 4.69) is 0 Å². The van der Waals surface area contributed by atoms with E-state index in [-0.39, 0.29) is 12.3 Å². The SMILES string of the molecule is O=C(On1c(O)ccc1O)c1cccc(=O)n1OCc1ccccc1. The summed E-state index contributed by atoms with van der Waals surface area (Å²) in [6.07, 6.45) is 0. The van der Waals surface area contributed by atoms with Crippen molar-refractivity contribution in [3.05, 3.63) is 82.3 Å². The summed E-state index contributed by atoms with van der Waals surface area (Å²) in [5, 5.41) is 19.1. The Balaban J connectivity index is 1.85. The monoisotopic (exact) mass is 342 g/mol. The van der Waals surface area contributed by atoms with Gasteiger partial charge in [-0.3, -0.25) is 4.79 Å². The lowest BCUT2D eigenvalue weighted by Gasteiger charge is -2.13. The molecule has 0 radical (unpaired) electrons. The van der Waals surface area contributed by atoms with E-state index in [9.17, 15) is 19.8 Å². The van der Waals surface area contributed by atoms with Gasteiger partial charge in [0.1, 0.15) is 6.61 Å². The molecule has 0 unspecified atom stereocenters. The highest BCUT2D eigenvalue weighted by atomic mass is 16.7. The second-order valence-electron chi connectivity index (χ2n) is 5.03. The summed E-state index contributed by atoms with van der Waals surface area (Å²) in [7, 11) is 0. The van der Waals surface area contributed by atoms with Crippen LogP contribution in [0, 0.1) is 0 Å². The number of hydrogen-bond donors (Lipinski definition) is 2. The fourth-order valence-corrected chi connectivity index (χ4v) is 2.10. The van der Waals surface area contributed by atoms with Crippen LogP contribution in [0.25, 0.3) is 0 Å². The Bertz CT molecular complexity index is 926. The number of rotatable bonds is 5. The van der Waals surface area contributed by atoms with E-state index in [1.807, 2.05) is 30.3 Å². The molecule has 2 aromatic heterocycles. The van der Waals surface area contributed by atoms with Crippen molar-refractivity contribution in [3.63, 3.8) is 0 Å². The van der Waals surface area contributed by atoms with E-state index in [1.54, 1.807) is 0 Å². The van der Waals surface area contributed by atoms with Crippen LogP contribution >= 0.6 is 0 Å². The van der Waals surface area contributed by atoms with Crippen LogP contribution in [0.4, 0.5) is 0 Å². The molecule has 128 valence electrons. The van der Waals surface area contributed by atoms with E-state index in [0.29, 0.717) is 4.73 Å². The molecule has 0 bridgehead atoms. The Morgan fingerprint density at radius 3 is 2.24 bits per heavy atom. The largest absolute Gasteiger partial charge is 0.492 e. The van der Waals surface area contributed by atoms with Gasteiger partial charge in [0.15, 0.2) is 5.69 Å². The first-order chi connectivity index (χ1) is 12.1. The van der Waals surface area contributed by atoms with Gasteiger partial charge in [-0.05, 0) is 11.6 Å². The van der Waals surface area contributed by atoms with Crippen LogP contribution in [-0.2, 0) is 6.61 Å². The van der Waals surface area contributed by atoms with E-state index in [1.165, 1.54) is 18.2 Å². The average molecular weight is 342 g/mol. The lowest BCUT2D eigenvalue weighted by Crippen LogP contribution is -2.33. The molecule has 2 heterocycles. The normalized spacial score (nSPS) is 10.4. The molecule has 0 spiro atoms. The van der Waals surface area contributed by atoms with Crippen LogP contribution in [-0.4, -0.2) is 25.6 Å². The minimum atomic E-state index is -0.993. The molecule has 0 aliphatic rings. The fraction of sp³-hybridized carbons (Fsp3) is 0.0588. The Morgan fingerprint density at radius 2 is 1.56 bits per heavy atom. The molecule has 0 aliphatic heterocycles. The highest BCUT2D eigenvalue weighted by molar-refractivity contribution is 5.87. The molecule has 0 aliphatic carbocycles. The number of aromatic nitrogens is 2. The molecule has 0 fully saturated rings. The van der Waals surface area contributed by atoms with Gasteiger partial charge in [-0.1, -0.05) is 36.4 Å². The second-order valence-corrected chi connectivity index (χ2v) is 5.03. The topological polar surface area (TPSA) is 103 Å². The van der Waals surface area contributed by atoms with Gasteiger partial charge in [-0.15, -0.1) is 9.46 Å². The number of pyridine rings is 1. The molecule has 8 nitrogen and oxygen atoms in total. The molecule has 1 aromatic carbocycles. The highest BCUT2D eigenvalue weighted by Crippen LogP contribution is 2.19. The van der Waals surface area contributed by atoms with Gasteiger partial charge in [0, 0.05) is 18.2 Å². The zero-order valence-electron chi connectivity index (χ0n) is 12.9. The third-order valence-corrected chi connectivity index (χ3v) is 3.30. The maximum Gasteiger partial charge on any atom is 0.383 e. The molecule has 8 heteroatoms. The van der Waals surface area contributed by atoms with E-state index in [0.717, 1.165) is 22.4 Å². The molecule has 3 aromatic rings. The van der Waals surface area contributed by atoms with Crippen molar-refractivity contribution in [2.75, 3.05) is 0 Å². The lowest BCUT2D eigenvalue weighted by molar-refractivity contribution is 0.0280. The number of carbonyl (C=O) groups is 1. The van der Waals surface area contributed by atoms with E-state index in [4.69, 9.17) is 9.68 Å². The summed E-state index contributed by atoms with van der Waals surface area (Å²) in [6.45, 7) is 0.0606. The first kappa shape index (κ1) is 16.2. The summed E-state index contributed by atoms with van der Waals surface area (Å²) in [6, 6.07) is 15.3. The van der Waals surface area contributed by atoms with Gasteiger partial charge in [0.05, 0.1) is 0 Å². The van der Waals surface area contributed by atoms with Gasteiger partial charge in [-0.25, -0.2) is 4.79 Å². The van der Waals surface area contributed by atoms with Crippen molar-refractivity contribution >= 4 is 5.97 Å². The molecule has 3 rings (SSSR count). The third kappa shape index (κ3) is 3.47. The molecule has 2 N–H and O–H groups in total. The number of benzene rings is 1. The van der Waals surface area contributed by atoms with Crippen LogP contribution in [0.3, 0.4) is 0 Å². The van der Waals surface area contributed by atoms with Crippen LogP contribution in [0.1, 0.15) is 16.1 Å². The number of hydrogen-bond acceptors (Lipinski definition) is 6. The van der Waals surface area contributed by atoms with Gasteiger partial charge in [0.2, 0.25) is 11.8 Å². The van der Waals surface area contributed by atoms with Crippen molar-refractivity contribution < 1.29 is 24.7 Å². The van der Waals surface area contributed by atoms with Crippen LogP contribution < -0.4 is 15.2 Å². The molecule has 0 amide bonds. The van der Waals surface area contributed by atoms with Crippen LogP contribution in [0.15, 0.2) is 65.5 Å². The number of carbonyl (C=O) groups excluding carboxylic acids is 1. The summed E-state index contributed by atoms with van der Waals surface area (Å²) >= 11 is 0. The quantitative estimate of drug-likeness (QED) is 0.716. The highest BCUT2D eigenvalue weighted by Gasteiger charge is 2.19. The summed E-state index contributed by atoms with van der Waals surface area (Å²) in [5.74, 6) is -1.94. The predicted octanol–water partition coefficient (Wildman–Crippen LogP) is 0.959. The second kappa shape index (κ2) is 6.83.